The van der Waals surface area contributed by atoms with Crippen LogP contribution >= 0.6 is 0 Å². The summed E-state index contributed by atoms with van der Waals surface area (Å²) in [6.45, 7) is 1.78. The van der Waals surface area contributed by atoms with Crippen LogP contribution in [-0.2, 0) is 0 Å². The van der Waals surface area contributed by atoms with Crippen molar-refractivity contribution in [1.29, 1.82) is 0 Å². The molecule has 35 heavy (non-hydrogen) atoms. The number of nitrogens with one attached hydrogen (secondary N) is 1. The van der Waals surface area contributed by atoms with Gasteiger partial charge in [0.25, 0.3) is 5.56 Å². The SMILES string of the molecule is Cc1nc2cc(-c3ccccc3)[nH]n2c(=O)c1-c1ccc(Oc2ccc(OC(F)(F)F)cc2)cc1. The van der Waals surface area contributed by atoms with Gasteiger partial charge in [0.15, 0.2) is 5.65 Å². The summed E-state index contributed by atoms with van der Waals surface area (Å²) in [7, 11) is 0. The maximum atomic E-state index is 13.3. The predicted octanol–water partition coefficient (Wildman–Crippen LogP) is 6.36. The van der Waals surface area contributed by atoms with Crippen molar-refractivity contribution in [3.8, 4) is 39.6 Å². The van der Waals surface area contributed by atoms with Gasteiger partial charge < -0.3 is 9.47 Å². The fourth-order valence-electron chi connectivity index (χ4n) is 3.77. The van der Waals surface area contributed by atoms with E-state index >= 15 is 0 Å². The zero-order valence-electron chi connectivity index (χ0n) is 18.3. The summed E-state index contributed by atoms with van der Waals surface area (Å²) < 4.78 is 47.9. The Bertz CT molecular complexity index is 1540. The van der Waals surface area contributed by atoms with E-state index in [1.807, 2.05) is 36.4 Å². The third-order valence-corrected chi connectivity index (χ3v) is 5.32. The van der Waals surface area contributed by atoms with Gasteiger partial charge in [-0.25, -0.2) is 9.50 Å². The second-order valence-electron chi connectivity index (χ2n) is 7.75. The summed E-state index contributed by atoms with van der Waals surface area (Å²) in [5, 5.41) is 3.12. The maximum Gasteiger partial charge on any atom is 0.573 e. The highest BCUT2D eigenvalue weighted by Crippen LogP contribution is 2.29. The molecule has 0 bridgehead atoms. The van der Waals surface area contributed by atoms with Crippen LogP contribution in [0.3, 0.4) is 0 Å². The molecule has 0 saturated heterocycles. The van der Waals surface area contributed by atoms with Gasteiger partial charge in [0.05, 0.1) is 17.0 Å². The average molecular weight is 477 g/mol. The highest BCUT2D eigenvalue weighted by Gasteiger charge is 2.31. The number of ether oxygens (including phenoxy) is 2. The number of H-pyrrole nitrogens is 1. The zero-order valence-corrected chi connectivity index (χ0v) is 18.3. The summed E-state index contributed by atoms with van der Waals surface area (Å²) in [6, 6.07) is 23.4. The summed E-state index contributed by atoms with van der Waals surface area (Å²) in [5.41, 5.74) is 3.70. The van der Waals surface area contributed by atoms with Crippen LogP contribution in [0.1, 0.15) is 5.69 Å². The molecule has 0 radical (unpaired) electrons. The first-order valence-electron chi connectivity index (χ1n) is 10.6. The minimum atomic E-state index is -4.75. The number of alkyl halides is 3. The topological polar surface area (TPSA) is 68.6 Å². The molecule has 5 rings (SSSR count). The quantitative estimate of drug-likeness (QED) is 0.320. The Morgan fingerprint density at radius 1 is 0.829 bits per heavy atom. The van der Waals surface area contributed by atoms with Crippen LogP contribution in [0.4, 0.5) is 13.2 Å². The lowest BCUT2D eigenvalue weighted by Crippen LogP contribution is -2.19. The molecule has 0 saturated carbocycles. The lowest BCUT2D eigenvalue weighted by Gasteiger charge is -2.10. The Morgan fingerprint density at radius 2 is 1.43 bits per heavy atom. The van der Waals surface area contributed by atoms with Crippen LogP contribution < -0.4 is 15.0 Å². The van der Waals surface area contributed by atoms with Gasteiger partial charge in [0.1, 0.15) is 17.2 Å². The Balaban J connectivity index is 1.40. The van der Waals surface area contributed by atoms with E-state index in [0.29, 0.717) is 34.0 Å². The number of benzene rings is 3. The van der Waals surface area contributed by atoms with Gasteiger partial charge in [-0.05, 0) is 54.4 Å². The van der Waals surface area contributed by atoms with Crippen molar-refractivity contribution in [2.24, 2.45) is 0 Å². The second-order valence-corrected chi connectivity index (χ2v) is 7.75. The fourth-order valence-corrected chi connectivity index (χ4v) is 3.77. The van der Waals surface area contributed by atoms with Gasteiger partial charge in [-0.15, -0.1) is 13.2 Å². The molecular weight excluding hydrogens is 459 g/mol. The lowest BCUT2D eigenvalue weighted by molar-refractivity contribution is -0.274. The number of aromatic amines is 1. The van der Waals surface area contributed by atoms with E-state index < -0.39 is 6.36 Å². The molecule has 2 aromatic heterocycles. The first-order valence-corrected chi connectivity index (χ1v) is 10.6. The summed E-state index contributed by atoms with van der Waals surface area (Å²) >= 11 is 0. The molecular formula is C26H18F3N3O3. The van der Waals surface area contributed by atoms with Crippen LogP contribution in [0.2, 0.25) is 0 Å². The second kappa shape index (κ2) is 8.68. The molecule has 2 heterocycles. The molecule has 0 aliphatic carbocycles. The number of aryl methyl sites for hydroxylation is 1. The molecule has 5 aromatic rings. The third kappa shape index (κ3) is 4.74. The van der Waals surface area contributed by atoms with Crippen molar-refractivity contribution >= 4 is 5.65 Å². The van der Waals surface area contributed by atoms with E-state index in [1.54, 1.807) is 31.2 Å². The number of fused-ring (bicyclic) bond motifs is 1. The predicted molar refractivity (Wildman–Crippen MR) is 125 cm³/mol. The van der Waals surface area contributed by atoms with E-state index in [9.17, 15) is 18.0 Å². The maximum absolute atomic E-state index is 13.3. The summed E-state index contributed by atoms with van der Waals surface area (Å²) in [5.74, 6) is 0.460. The summed E-state index contributed by atoms with van der Waals surface area (Å²) in [6.07, 6.45) is -4.75. The molecule has 3 aromatic carbocycles. The van der Waals surface area contributed by atoms with Crippen molar-refractivity contribution < 1.29 is 22.6 Å². The molecule has 176 valence electrons. The smallest absolute Gasteiger partial charge is 0.457 e. The Kier molecular flexibility index (Phi) is 5.52. The van der Waals surface area contributed by atoms with Crippen LogP contribution in [0, 0.1) is 6.92 Å². The molecule has 9 heteroatoms. The van der Waals surface area contributed by atoms with E-state index in [0.717, 1.165) is 11.3 Å². The van der Waals surface area contributed by atoms with E-state index in [4.69, 9.17) is 4.74 Å². The number of rotatable bonds is 5. The van der Waals surface area contributed by atoms with Gasteiger partial charge in [-0.3, -0.25) is 9.89 Å². The Hall–Kier alpha value is -4.53. The third-order valence-electron chi connectivity index (χ3n) is 5.32. The lowest BCUT2D eigenvalue weighted by atomic mass is 10.1. The molecule has 0 amide bonds. The standard InChI is InChI=1S/C26H18F3N3O3/c1-16-24(25(33)32-23(30-16)15-22(31-32)17-5-3-2-4-6-17)18-7-9-19(10-8-18)34-20-11-13-21(14-12-20)35-26(27,28)29/h2-15,31H,1H3. The monoisotopic (exact) mass is 477 g/mol. The van der Waals surface area contributed by atoms with E-state index in [2.05, 4.69) is 14.8 Å². The van der Waals surface area contributed by atoms with E-state index in [1.165, 1.54) is 28.8 Å². The van der Waals surface area contributed by atoms with Crippen LogP contribution in [0.5, 0.6) is 17.2 Å². The Morgan fingerprint density at radius 3 is 2.06 bits per heavy atom. The van der Waals surface area contributed by atoms with Crippen molar-refractivity contribution in [1.82, 2.24) is 14.6 Å². The normalized spacial score (nSPS) is 11.5. The highest BCUT2D eigenvalue weighted by atomic mass is 19.4. The van der Waals surface area contributed by atoms with Crippen LogP contribution in [-0.4, -0.2) is 21.0 Å². The highest BCUT2D eigenvalue weighted by molar-refractivity contribution is 5.69. The number of hydrogen-bond acceptors (Lipinski definition) is 4. The number of halogens is 3. The van der Waals surface area contributed by atoms with Gasteiger partial charge in [0.2, 0.25) is 0 Å². The summed E-state index contributed by atoms with van der Waals surface area (Å²) in [4.78, 5) is 17.9. The van der Waals surface area contributed by atoms with Gasteiger partial charge in [-0.1, -0.05) is 42.5 Å². The molecule has 1 N–H and O–H groups in total. The minimum absolute atomic E-state index is 0.233. The molecule has 0 fully saturated rings. The average Bonchev–Trinajstić information content (AvgIpc) is 3.25. The van der Waals surface area contributed by atoms with Gasteiger partial charge in [0, 0.05) is 6.07 Å². The molecule has 6 nitrogen and oxygen atoms in total. The van der Waals surface area contributed by atoms with Crippen molar-refractivity contribution in [3.05, 3.63) is 101 Å². The largest absolute Gasteiger partial charge is 0.573 e. The Labute approximate surface area is 197 Å². The number of aromatic nitrogens is 3. The molecule has 0 atom stereocenters. The molecule has 0 unspecified atom stereocenters. The molecule has 0 aliphatic rings. The number of hydrogen-bond donors (Lipinski definition) is 1. The van der Waals surface area contributed by atoms with Crippen LogP contribution in [0.25, 0.3) is 28.0 Å². The van der Waals surface area contributed by atoms with Crippen molar-refractivity contribution in [2.75, 3.05) is 0 Å². The molecule has 0 spiro atoms. The fraction of sp³-hybridized carbons (Fsp3) is 0.0769. The van der Waals surface area contributed by atoms with Crippen molar-refractivity contribution in [3.63, 3.8) is 0 Å². The zero-order chi connectivity index (χ0) is 24.6. The first-order chi connectivity index (χ1) is 16.8. The molecule has 0 aliphatic heterocycles. The van der Waals surface area contributed by atoms with Gasteiger partial charge in [-0.2, -0.15) is 0 Å². The number of nitrogens with zero attached hydrogens (tertiary/aromatic N) is 2. The first kappa shape index (κ1) is 22.3. The van der Waals surface area contributed by atoms with Crippen molar-refractivity contribution in [2.45, 2.75) is 13.3 Å². The minimum Gasteiger partial charge on any atom is -0.457 e. The van der Waals surface area contributed by atoms with E-state index in [-0.39, 0.29) is 11.3 Å². The van der Waals surface area contributed by atoms with Gasteiger partial charge >= 0.3 is 6.36 Å². The van der Waals surface area contributed by atoms with Crippen LogP contribution in [0.15, 0.2) is 89.7 Å².